The van der Waals surface area contributed by atoms with Gasteiger partial charge in [-0.15, -0.1) is 0 Å². The Morgan fingerprint density at radius 3 is 2.73 bits per heavy atom. The van der Waals surface area contributed by atoms with Crippen molar-refractivity contribution in [3.8, 4) is 11.5 Å². The number of hydrogen-bond acceptors (Lipinski definition) is 5. The second-order valence-corrected chi connectivity index (χ2v) is 6.07. The molecule has 1 aromatic carbocycles. The molecule has 0 aliphatic rings. The second-order valence-electron chi connectivity index (χ2n) is 4.83. The molecule has 118 valence electrons. The number of benzene rings is 1. The molecule has 8 heteroatoms. The van der Waals surface area contributed by atoms with Crippen molar-refractivity contribution in [1.29, 1.82) is 0 Å². The van der Waals surface area contributed by atoms with Crippen molar-refractivity contribution in [1.82, 2.24) is 14.9 Å². The van der Waals surface area contributed by atoms with Crippen LogP contribution in [0.25, 0.3) is 0 Å². The summed E-state index contributed by atoms with van der Waals surface area (Å²) in [6.45, 7) is 5.75. The highest BCUT2D eigenvalue weighted by Crippen LogP contribution is 2.36. The number of H-pyrrole nitrogens is 1. The molecule has 2 aromatic rings. The fourth-order valence-electron chi connectivity index (χ4n) is 1.80. The van der Waals surface area contributed by atoms with Crippen molar-refractivity contribution in [2.24, 2.45) is 5.10 Å². The van der Waals surface area contributed by atoms with Crippen molar-refractivity contribution >= 4 is 34.4 Å². The summed E-state index contributed by atoms with van der Waals surface area (Å²) in [5.41, 5.74) is 0.849. The molecule has 0 radical (unpaired) electrons. The maximum Gasteiger partial charge on any atom is 0.216 e. The van der Waals surface area contributed by atoms with Crippen molar-refractivity contribution in [3.63, 3.8) is 0 Å². The van der Waals surface area contributed by atoms with Crippen LogP contribution in [-0.2, 0) is 0 Å². The minimum atomic E-state index is 0.0524. The lowest BCUT2D eigenvalue weighted by Gasteiger charge is -2.15. The highest BCUT2D eigenvalue weighted by atomic mass is 79.9. The molecular weight excluding hydrogens is 368 g/mol. The van der Waals surface area contributed by atoms with Crippen molar-refractivity contribution in [3.05, 3.63) is 32.8 Å². The standard InChI is InChI=1S/C14H17BrN4O2S/c1-8(2)21-13-11(15)5-10(6-12(13)20-4)7-16-19-9(3)17-18-14(19)22/h5-8H,1-4H3,(H,18,22)/b16-7-. The molecule has 2 rings (SSSR count). The first kappa shape index (κ1) is 16.7. The molecule has 1 aromatic heterocycles. The van der Waals surface area contributed by atoms with Crippen LogP contribution >= 0.6 is 28.1 Å². The van der Waals surface area contributed by atoms with E-state index in [1.807, 2.05) is 32.9 Å². The first-order valence-corrected chi connectivity index (χ1v) is 7.85. The molecule has 0 unspecified atom stereocenters. The van der Waals surface area contributed by atoms with Crippen molar-refractivity contribution < 1.29 is 9.47 Å². The van der Waals surface area contributed by atoms with Crippen LogP contribution in [0.4, 0.5) is 0 Å². The number of nitrogens with zero attached hydrogens (tertiary/aromatic N) is 3. The summed E-state index contributed by atoms with van der Waals surface area (Å²) < 4.78 is 13.9. The maximum absolute atomic E-state index is 5.76. The Labute approximate surface area is 142 Å². The number of hydrogen-bond donors (Lipinski definition) is 1. The summed E-state index contributed by atoms with van der Waals surface area (Å²) in [4.78, 5) is 0. The minimum absolute atomic E-state index is 0.0524. The van der Waals surface area contributed by atoms with Gasteiger partial charge in [-0.3, -0.25) is 5.10 Å². The van der Waals surface area contributed by atoms with E-state index in [1.165, 1.54) is 0 Å². The molecule has 0 saturated heterocycles. The molecule has 0 spiro atoms. The zero-order valence-electron chi connectivity index (χ0n) is 12.8. The number of methoxy groups -OCH3 is 1. The molecule has 0 amide bonds. The highest BCUT2D eigenvalue weighted by Gasteiger charge is 2.12. The fraction of sp³-hybridized carbons (Fsp3) is 0.357. The normalized spacial score (nSPS) is 11.4. The highest BCUT2D eigenvalue weighted by molar-refractivity contribution is 9.10. The Balaban J connectivity index is 2.37. The molecular formula is C14H17BrN4O2S. The number of aryl methyl sites for hydroxylation is 1. The molecule has 0 saturated carbocycles. The van der Waals surface area contributed by atoms with Gasteiger partial charge in [0.05, 0.1) is 23.9 Å². The van der Waals surface area contributed by atoms with Crippen LogP contribution in [0.2, 0.25) is 0 Å². The Hall–Kier alpha value is -1.67. The molecule has 1 N–H and O–H groups in total. The third kappa shape index (κ3) is 3.75. The summed E-state index contributed by atoms with van der Waals surface area (Å²) in [7, 11) is 1.60. The van der Waals surface area contributed by atoms with Crippen LogP contribution in [-0.4, -0.2) is 34.3 Å². The van der Waals surface area contributed by atoms with Crippen LogP contribution in [0.3, 0.4) is 0 Å². The zero-order chi connectivity index (χ0) is 16.3. The Morgan fingerprint density at radius 2 is 2.18 bits per heavy atom. The summed E-state index contributed by atoms with van der Waals surface area (Å²) in [6.07, 6.45) is 1.74. The first-order chi connectivity index (χ1) is 10.4. The average Bonchev–Trinajstić information content (AvgIpc) is 2.78. The minimum Gasteiger partial charge on any atom is -0.493 e. The van der Waals surface area contributed by atoms with Gasteiger partial charge >= 0.3 is 0 Å². The molecule has 6 nitrogen and oxygen atoms in total. The maximum atomic E-state index is 5.76. The van der Waals surface area contributed by atoms with Crippen LogP contribution in [0, 0.1) is 11.7 Å². The van der Waals surface area contributed by atoms with E-state index in [4.69, 9.17) is 21.7 Å². The van der Waals surface area contributed by atoms with Gasteiger partial charge in [-0.25, -0.2) is 0 Å². The number of aromatic nitrogens is 3. The van der Waals surface area contributed by atoms with Gasteiger partial charge in [-0.05, 0) is 66.6 Å². The molecule has 0 aliphatic heterocycles. The van der Waals surface area contributed by atoms with Gasteiger partial charge in [0.1, 0.15) is 5.82 Å². The second kappa shape index (κ2) is 7.06. The largest absolute Gasteiger partial charge is 0.493 e. The van der Waals surface area contributed by atoms with Gasteiger partial charge in [0.15, 0.2) is 11.5 Å². The third-order valence-electron chi connectivity index (χ3n) is 2.74. The van der Waals surface area contributed by atoms with Gasteiger partial charge in [0.25, 0.3) is 0 Å². The predicted octanol–water partition coefficient (Wildman–Crippen LogP) is 3.69. The average molecular weight is 385 g/mol. The molecule has 0 atom stereocenters. The quantitative estimate of drug-likeness (QED) is 0.630. The van der Waals surface area contributed by atoms with Crippen LogP contribution < -0.4 is 9.47 Å². The lowest BCUT2D eigenvalue weighted by atomic mass is 10.2. The molecule has 1 heterocycles. The van der Waals surface area contributed by atoms with E-state index >= 15 is 0 Å². The summed E-state index contributed by atoms with van der Waals surface area (Å²) in [5, 5.41) is 11.0. The van der Waals surface area contributed by atoms with E-state index in [-0.39, 0.29) is 6.10 Å². The lowest BCUT2D eigenvalue weighted by Crippen LogP contribution is -2.07. The van der Waals surface area contributed by atoms with Gasteiger partial charge < -0.3 is 9.47 Å². The summed E-state index contributed by atoms with van der Waals surface area (Å²) in [5.74, 6) is 2.00. The monoisotopic (exact) mass is 384 g/mol. The molecule has 0 bridgehead atoms. The number of rotatable bonds is 5. The number of ether oxygens (including phenoxy) is 2. The molecule has 0 aliphatic carbocycles. The number of aromatic amines is 1. The third-order valence-corrected chi connectivity index (χ3v) is 3.59. The fourth-order valence-corrected chi connectivity index (χ4v) is 2.57. The Bertz CT molecular complexity index is 752. The topological polar surface area (TPSA) is 64.4 Å². The van der Waals surface area contributed by atoms with E-state index < -0.39 is 0 Å². The van der Waals surface area contributed by atoms with Gasteiger partial charge in [0, 0.05) is 0 Å². The Kier molecular flexibility index (Phi) is 5.36. The van der Waals surface area contributed by atoms with Crippen molar-refractivity contribution in [2.45, 2.75) is 26.9 Å². The Morgan fingerprint density at radius 1 is 1.45 bits per heavy atom. The summed E-state index contributed by atoms with van der Waals surface area (Å²) in [6, 6.07) is 3.76. The van der Waals surface area contributed by atoms with Crippen LogP contribution in [0.5, 0.6) is 11.5 Å². The molecule has 0 fully saturated rings. The van der Waals surface area contributed by atoms with E-state index in [9.17, 15) is 0 Å². The van der Waals surface area contributed by atoms with E-state index in [0.717, 1.165) is 10.0 Å². The SMILES string of the molecule is COc1cc(/C=N\n2c(C)n[nH]c2=S)cc(Br)c1OC(C)C. The van der Waals surface area contributed by atoms with Crippen LogP contribution in [0.1, 0.15) is 25.2 Å². The number of halogens is 1. The smallest absolute Gasteiger partial charge is 0.216 e. The first-order valence-electron chi connectivity index (χ1n) is 6.65. The molecule has 22 heavy (non-hydrogen) atoms. The van der Waals surface area contributed by atoms with Gasteiger partial charge in [0.2, 0.25) is 4.77 Å². The zero-order valence-corrected chi connectivity index (χ0v) is 15.2. The number of nitrogens with one attached hydrogen (secondary N) is 1. The van der Waals surface area contributed by atoms with Crippen molar-refractivity contribution in [2.75, 3.05) is 7.11 Å². The summed E-state index contributed by atoms with van der Waals surface area (Å²) >= 11 is 8.61. The van der Waals surface area contributed by atoms with E-state index in [0.29, 0.717) is 22.1 Å². The van der Waals surface area contributed by atoms with Gasteiger partial charge in [-0.1, -0.05) is 0 Å². The van der Waals surface area contributed by atoms with Gasteiger partial charge in [-0.2, -0.15) is 14.9 Å². The lowest BCUT2D eigenvalue weighted by molar-refractivity contribution is 0.228. The van der Waals surface area contributed by atoms with E-state index in [1.54, 1.807) is 18.0 Å². The predicted molar refractivity (Wildman–Crippen MR) is 91.6 cm³/mol. The van der Waals surface area contributed by atoms with E-state index in [2.05, 4.69) is 31.2 Å². The van der Waals surface area contributed by atoms with Crippen LogP contribution in [0.15, 0.2) is 21.7 Å².